The lowest BCUT2D eigenvalue weighted by atomic mass is 9.70. The molecule has 1 atom stereocenters. The Labute approximate surface area is 143 Å². The van der Waals surface area contributed by atoms with Gasteiger partial charge in [0.2, 0.25) is 5.91 Å². The Kier molecular flexibility index (Phi) is 4.35. The first-order chi connectivity index (χ1) is 11.7. The van der Waals surface area contributed by atoms with Gasteiger partial charge in [-0.3, -0.25) is 4.79 Å². The van der Waals surface area contributed by atoms with E-state index in [1.165, 1.54) is 19.4 Å². The van der Waals surface area contributed by atoms with Gasteiger partial charge in [-0.05, 0) is 44.7 Å². The monoisotopic (exact) mass is 333 g/mol. The Morgan fingerprint density at radius 1 is 1.42 bits per heavy atom. The van der Waals surface area contributed by atoms with Crippen LogP contribution in [-0.2, 0) is 9.53 Å². The number of hydrogen-bond acceptors (Lipinski definition) is 5. The molecule has 132 valence electrons. The molecule has 1 aromatic rings. The summed E-state index contributed by atoms with van der Waals surface area (Å²) in [6.45, 7) is 5.17. The van der Waals surface area contributed by atoms with Gasteiger partial charge in [0, 0.05) is 32.2 Å². The van der Waals surface area contributed by atoms with Crippen LogP contribution in [0.5, 0.6) is 0 Å². The van der Waals surface area contributed by atoms with E-state index in [4.69, 9.17) is 9.15 Å². The quantitative estimate of drug-likeness (QED) is 0.821. The van der Waals surface area contributed by atoms with Gasteiger partial charge in [-0.15, -0.1) is 0 Å². The molecule has 1 saturated carbocycles. The second kappa shape index (κ2) is 6.48. The minimum atomic E-state index is 0.0753. The van der Waals surface area contributed by atoms with Crippen molar-refractivity contribution in [2.75, 3.05) is 46.4 Å². The average molecular weight is 333 g/mol. The molecule has 0 N–H and O–H groups in total. The van der Waals surface area contributed by atoms with Crippen LogP contribution in [0.25, 0.3) is 0 Å². The number of likely N-dealkylation sites (tertiary alicyclic amines) is 2. The summed E-state index contributed by atoms with van der Waals surface area (Å²) in [4.78, 5) is 21.3. The van der Waals surface area contributed by atoms with Crippen LogP contribution < -0.4 is 0 Å². The number of amides is 1. The molecule has 3 aliphatic rings. The predicted octanol–water partition coefficient (Wildman–Crippen LogP) is 1.74. The number of carbonyl (C=O) groups excluding carboxylic acids is 1. The van der Waals surface area contributed by atoms with E-state index in [-0.39, 0.29) is 23.8 Å². The van der Waals surface area contributed by atoms with Gasteiger partial charge in [0.1, 0.15) is 12.9 Å². The number of carbonyl (C=O) groups is 1. The second-order valence-corrected chi connectivity index (χ2v) is 7.74. The molecular weight excluding hydrogens is 306 g/mol. The molecule has 3 heterocycles. The lowest BCUT2D eigenvalue weighted by molar-refractivity contribution is -0.134. The highest BCUT2D eigenvalue weighted by Gasteiger charge is 2.51. The Hall–Kier alpha value is -1.40. The number of nitrogens with zero attached hydrogens (tertiary/aromatic N) is 3. The number of piperidine rings is 1. The summed E-state index contributed by atoms with van der Waals surface area (Å²) in [7, 11) is 1.58. The van der Waals surface area contributed by atoms with Gasteiger partial charge in [-0.25, -0.2) is 4.98 Å². The summed E-state index contributed by atoms with van der Waals surface area (Å²) >= 11 is 0. The summed E-state index contributed by atoms with van der Waals surface area (Å²) in [5.41, 5.74) is 0.105. The van der Waals surface area contributed by atoms with Crippen molar-refractivity contribution in [2.24, 2.45) is 11.3 Å². The lowest BCUT2D eigenvalue weighted by Gasteiger charge is -2.41. The summed E-state index contributed by atoms with van der Waals surface area (Å²) in [5, 5.41) is 0. The molecule has 4 rings (SSSR count). The van der Waals surface area contributed by atoms with E-state index in [0.717, 1.165) is 44.3 Å². The average Bonchev–Trinajstić information content (AvgIpc) is 3.10. The molecule has 24 heavy (non-hydrogen) atoms. The van der Waals surface area contributed by atoms with E-state index < -0.39 is 0 Å². The number of methoxy groups -OCH3 is 1. The Morgan fingerprint density at radius 2 is 2.21 bits per heavy atom. The number of oxazole rings is 1. The summed E-state index contributed by atoms with van der Waals surface area (Å²) in [6, 6.07) is 0. The normalized spacial score (nSPS) is 27.0. The minimum absolute atomic E-state index is 0.0753. The molecule has 1 unspecified atom stereocenters. The first-order valence-corrected chi connectivity index (χ1v) is 9.09. The maximum Gasteiger partial charge on any atom is 0.248 e. The first kappa shape index (κ1) is 16.1. The van der Waals surface area contributed by atoms with Crippen LogP contribution in [0, 0.1) is 11.3 Å². The molecule has 2 aliphatic heterocycles. The molecule has 2 saturated heterocycles. The van der Waals surface area contributed by atoms with Crippen LogP contribution in [0.3, 0.4) is 0 Å². The molecule has 3 fully saturated rings. The van der Waals surface area contributed by atoms with Gasteiger partial charge in [0.25, 0.3) is 0 Å². The van der Waals surface area contributed by atoms with Crippen molar-refractivity contribution in [1.29, 1.82) is 0 Å². The van der Waals surface area contributed by atoms with E-state index in [9.17, 15) is 4.79 Å². The molecule has 0 aromatic carbocycles. The van der Waals surface area contributed by atoms with Crippen molar-refractivity contribution in [3.63, 3.8) is 0 Å². The van der Waals surface area contributed by atoms with Crippen LogP contribution in [-0.4, -0.2) is 67.1 Å². The number of hydrogen-bond donors (Lipinski definition) is 0. The largest absolute Gasteiger partial charge is 0.449 e. The molecule has 6 heteroatoms. The molecule has 1 amide bonds. The summed E-state index contributed by atoms with van der Waals surface area (Å²) < 4.78 is 10.7. The second-order valence-electron chi connectivity index (χ2n) is 7.74. The van der Waals surface area contributed by atoms with E-state index in [0.29, 0.717) is 6.54 Å². The van der Waals surface area contributed by atoms with Gasteiger partial charge in [0.05, 0.1) is 12.1 Å². The van der Waals surface area contributed by atoms with E-state index in [1.807, 2.05) is 4.90 Å². The molecule has 0 radical (unpaired) electrons. The third-order valence-corrected chi connectivity index (χ3v) is 6.08. The van der Waals surface area contributed by atoms with E-state index >= 15 is 0 Å². The Bertz CT molecular complexity index is 562. The minimum Gasteiger partial charge on any atom is -0.449 e. The van der Waals surface area contributed by atoms with Crippen LogP contribution >= 0.6 is 0 Å². The van der Waals surface area contributed by atoms with Crippen LogP contribution in [0.1, 0.15) is 37.5 Å². The summed E-state index contributed by atoms with van der Waals surface area (Å²) in [5.74, 6) is 2.01. The number of rotatable bonds is 5. The topological polar surface area (TPSA) is 58.8 Å². The van der Waals surface area contributed by atoms with Crippen LogP contribution in [0.4, 0.5) is 0 Å². The van der Waals surface area contributed by atoms with Crippen LogP contribution in [0.15, 0.2) is 16.9 Å². The highest BCUT2D eigenvalue weighted by atomic mass is 16.5. The maximum absolute atomic E-state index is 12.3. The smallest absolute Gasteiger partial charge is 0.248 e. The SMILES string of the molecule is COCC(=O)N1CC(c2ncco2)C2(CCN(CC3CC3)CC2)C1. The highest BCUT2D eigenvalue weighted by Crippen LogP contribution is 2.49. The van der Waals surface area contributed by atoms with Gasteiger partial charge < -0.3 is 19.0 Å². The van der Waals surface area contributed by atoms with Crippen LogP contribution in [0.2, 0.25) is 0 Å². The van der Waals surface area contributed by atoms with Gasteiger partial charge in [-0.1, -0.05) is 0 Å². The zero-order chi connectivity index (χ0) is 16.6. The van der Waals surface area contributed by atoms with E-state index in [1.54, 1.807) is 19.6 Å². The Morgan fingerprint density at radius 3 is 2.83 bits per heavy atom. The predicted molar refractivity (Wildman–Crippen MR) is 88.5 cm³/mol. The van der Waals surface area contributed by atoms with Crippen molar-refractivity contribution in [3.05, 3.63) is 18.4 Å². The maximum atomic E-state index is 12.3. The standard InChI is InChI=1S/C18H27N3O3/c1-23-12-16(22)21-11-15(17-19-6-9-24-17)18(13-21)4-7-20(8-5-18)10-14-2-3-14/h6,9,14-15H,2-5,7-8,10-13H2,1H3. The van der Waals surface area contributed by atoms with Crippen molar-refractivity contribution >= 4 is 5.91 Å². The van der Waals surface area contributed by atoms with Gasteiger partial charge in [0.15, 0.2) is 5.89 Å². The zero-order valence-electron chi connectivity index (χ0n) is 14.4. The first-order valence-electron chi connectivity index (χ1n) is 9.09. The van der Waals surface area contributed by atoms with Crippen molar-refractivity contribution in [1.82, 2.24) is 14.8 Å². The molecule has 0 bridgehead atoms. The third kappa shape index (κ3) is 3.09. The molecule has 1 spiro atoms. The Balaban J connectivity index is 1.49. The van der Waals surface area contributed by atoms with Crippen molar-refractivity contribution in [3.8, 4) is 0 Å². The van der Waals surface area contributed by atoms with E-state index in [2.05, 4.69) is 9.88 Å². The fourth-order valence-electron chi connectivity index (χ4n) is 4.47. The molecule has 1 aromatic heterocycles. The molecule has 6 nitrogen and oxygen atoms in total. The van der Waals surface area contributed by atoms with Crippen molar-refractivity contribution in [2.45, 2.75) is 31.6 Å². The molecular formula is C18H27N3O3. The summed E-state index contributed by atoms with van der Waals surface area (Å²) in [6.07, 6.45) is 8.39. The zero-order valence-corrected chi connectivity index (χ0v) is 14.4. The number of ether oxygens (including phenoxy) is 1. The van der Waals surface area contributed by atoms with Gasteiger partial charge >= 0.3 is 0 Å². The van der Waals surface area contributed by atoms with Gasteiger partial charge in [-0.2, -0.15) is 0 Å². The fourth-order valence-corrected chi connectivity index (χ4v) is 4.47. The third-order valence-electron chi connectivity index (χ3n) is 6.08. The number of aromatic nitrogens is 1. The van der Waals surface area contributed by atoms with Crippen molar-refractivity contribution < 1.29 is 13.9 Å². The molecule has 1 aliphatic carbocycles. The lowest BCUT2D eigenvalue weighted by Crippen LogP contribution is -2.44. The highest BCUT2D eigenvalue weighted by molar-refractivity contribution is 5.78. The fraction of sp³-hybridized carbons (Fsp3) is 0.778.